The van der Waals surface area contributed by atoms with Gasteiger partial charge in [-0.3, -0.25) is 5.32 Å². The lowest BCUT2D eigenvalue weighted by Gasteiger charge is -2.25. The second-order valence-electron chi connectivity index (χ2n) is 5.44. The molecular formula is C15H21NO4S. The van der Waals surface area contributed by atoms with E-state index in [2.05, 4.69) is 5.32 Å². The van der Waals surface area contributed by atoms with Crippen LogP contribution in [0, 0.1) is 0 Å². The number of nitrogens with one attached hydrogen (secondary N) is 1. The zero-order valence-electron chi connectivity index (χ0n) is 12.3. The maximum Gasteiger partial charge on any atom is 0.327 e. The van der Waals surface area contributed by atoms with Crippen LogP contribution in [0.25, 0.3) is 0 Å². The topological polar surface area (TPSA) is 72.5 Å². The van der Waals surface area contributed by atoms with Crippen LogP contribution < -0.4 is 5.32 Å². The van der Waals surface area contributed by atoms with E-state index in [0.29, 0.717) is 6.42 Å². The molecule has 1 aromatic carbocycles. The van der Waals surface area contributed by atoms with Crippen LogP contribution >= 0.6 is 0 Å². The number of methoxy groups -OCH3 is 1. The third-order valence-electron chi connectivity index (χ3n) is 3.95. The van der Waals surface area contributed by atoms with Crippen molar-refractivity contribution in [3.8, 4) is 0 Å². The maximum atomic E-state index is 12.0. The SMILES string of the molecule is COC(=O)C(NC1CCCC1S(C)(=O)=O)c1ccccc1. The molecule has 116 valence electrons. The summed E-state index contributed by atoms with van der Waals surface area (Å²) < 4.78 is 28.5. The third-order valence-corrected chi connectivity index (χ3v) is 5.62. The molecule has 1 aliphatic rings. The van der Waals surface area contributed by atoms with Gasteiger partial charge in [0.15, 0.2) is 9.84 Å². The Morgan fingerprint density at radius 3 is 2.52 bits per heavy atom. The molecule has 1 aromatic rings. The number of carbonyl (C=O) groups excluding carboxylic acids is 1. The fourth-order valence-corrected chi connectivity index (χ4v) is 4.31. The van der Waals surface area contributed by atoms with Crippen molar-refractivity contribution in [3.63, 3.8) is 0 Å². The molecule has 0 bridgehead atoms. The highest BCUT2D eigenvalue weighted by Gasteiger charge is 2.37. The summed E-state index contributed by atoms with van der Waals surface area (Å²) in [5, 5.41) is 2.75. The quantitative estimate of drug-likeness (QED) is 0.833. The van der Waals surface area contributed by atoms with Crippen LogP contribution in [0.5, 0.6) is 0 Å². The highest BCUT2D eigenvalue weighted by atomic mass is 32.2. The first-order valence-electron chi connectivity index (χ1n) is 7.01. The molecule has 3 atom stereocenters. The lowest BCUT2D eigenvalue weighted by Crippen LogP contribution is -2.44. The Bertz CT molecular complexity index is 585. The van der Waals surface area contributed by atoms with Crippen LogP contribution in [0.15, 0.2) is 30.3 Å². The second-order valence-corrected chi connectivity index (χ2v) is 7.70. The fourth-order valence-electron chi connectivity index (χ4n) is 2.91. The number of esters is 1. The lowest BCUT2D eigenvalue weighted by molar-refractivity contribution is -0.143. The van der Waals surface area contributed by atoms with E-state index in [1.165, 1.54) is 13.4 Å². The molecule has 1 fully saturated rings. The maximum absolute atomic E-state index is 12.0. The first kappa shape index (κ1) is 16.0. The lowest BCUT2D eigenvalue weighted by atomic mass is 10.1. The van der Waals surface area contributed by atoms with E-state index in [4.69, 9.17) is 4.74 Å². The molecule has 0 spiro atoms. The van der Waals surface area contributed by atoms with Gasteiger partial charge in [-0.15, -0.1) is 0 Å². The molecule has 0 aromatic heterocycles. The van der Waals surface area contributed by atoms with Crippen LogP contribution in [-0.4, -0.2) is 39.0 Å². The molecular weight excluding hydrogens is 290 g/mol. The van der Waals surface area contributed by atoms with Crippen molar-refractivity contribution in [2.45, 2.75) is 36.6 Å². The minimum atomic E-state index is -3.13. The second kappa shape index (κ2) is 6.58. The third kappa shape index (κ3) is 3.83. The molecule has 0 radical (unpaired) electrons. The van der Waals surface area contributed by atoms with E-state index in [0.717, 1.165) is 18.4 Å². The Hall–Kier alpha value is -1.40. The van der Waals surface area contributed by atoms with Crippen molar-refractivity contribution in [3.05, 3.63) is 35.9 Å². The largest absolute Gasteiger partial charge is 0.468 e. The van der Waals surface area contributed by atoms with Gasteiger partial charge in [0.2, 0.25) is 0 Å². The summed E-state index contributed by atoms with van der Waals surface area (Å²) in [6, 6.07) is 8.36. The van der Waals surface area contributed by atoms with Gasteiger partial charge in [0.25, 0.3) is 0 Å². The Labute approximate surface area is 125 Å². The van der Waals surface area contributed by atoms with Gasteiger partial charge >= 0.3 is 5.97 Å². The summed E-state index contributed by atoms with van der Waals surface area (Å²) in [6.07, 6.45) is 3.49. The van der Waals surface area contributed by atoms with Gasteiger partial charge in [-0.1, -0.05) is 36.8 Å². The van der Waals surface area contributed by atoms with Crippen LogP contribution in [-0.2, 0) is 19.4 Å². The van der Waals surface area contributed by atoms with E-state index >= 15 is 0 Å². The van der Waals surface area contributed by atoms with Gasteiger partial charge in [-0.25, -0.2) is 13.2 Å². The highest BCUT2D eigenvalue weighted by Crippen LogP contribution is 2.28. The number of carbonyl (C=O) groups is 1. The van der Waals surface area contributed by atoms with Gasteiger partial charge in [-0.05, 0) is 18.4 Å². The standard InChI is InChI=1S/C15H21NO4S/c1-20-15(17)14(11-7-4-3-5-8-11)16-12-9-6-10-13(12)21(2,18)19/h3-5,7-8,12-14,16H,6,9-10H2,1-2H3. The monoisotopic (exact) mass is 311 g/mol. The molecule has 21 heavy (non-hydrogen) atoms. The number of benzene rings is 1. The van der Waals surface area contributed by atoms with Gasteiger partial charge in [0.1, 0.15) is 6.04 Å². The van der Waals surface area contributed by atoms with Crippen LogP contribution in [0.3, 0.4) is 0 Å². The molecule has 1 N–H and O–H groups in total. The zero-order valence-corrected chi connectivity index (χ0v) is 13.1. The molecule has 1 saturated carbocycles. The number of rotatable bonds is 5. The Kier molecular flexibility index (Phi) is 5.00. The van der Waals surface area contributed by atoms with E-state index in [-0.39, 0.29) is 6.04 Å². The van der Waals surface area contributed by atoms with Gasteiger partial charge in [0, 0.05) is 12.3 Å². The average molecular weight is 311 g/mol. The van der Waals surface area contributed by atoms with Gasteiger partial charge in [-0.2, -0.15) is 0 Å². The summed E-state index contributed by atoms with van der Waals surface area (Å²) in [4.78, 5) is 12.0. The zero-order chi connectivity index (χ0) is 15.5. The molecule has 0 heterocycles. The van der Waals surface area contributed by atoms with Crippen LogP contribution in [0.4, 0.5) is 0 Å². The minimum Gasteiger partial charge on any atom is -0.468 e. The van der Waals surface area contributed by atoms with E-state index < -0.39 is 27.1 Å². The molecule has 1 aliphatic carbocycles. The van der Waals surface area contributed by atoms with Crippen molar-refractivity contribution in [1.29, 1.82) is 0 Å². The average Bonchev–Trinajstić information content (AvgIpc) is 2.93. The summed E-state index contributed by atoms with van der Waals surface area (Å²) in [7, 11) is -1.79. The first-order valence-corrected chi connectivity index (χ1v) is 8.96. The smallest absolute Gasteiger partial charge is 0.327 e. The predicted molar refractivity (Wildman–Crippen MR) is 80.6 cm³/mol. The summed E-state index contributed by atoms with van der Waals surface area (Å²) in [5.41, 5.74) is 0.781. The molecule has 0 saturated heterocycles. The summed E-state index contributed by atoms with van der Waals surface area (Å²) in [6.45, 7) is 0. The predicted octanol–water partition coefficient (Wildman–Crippen LogP) is 1.46. The fraction of sp³-hybridized carbons (Fsp3) is 0.533. The van der Waals surface area contributed by atoms with Crippen molar-refractivity contribution < 1.29 is 17.9 Å². The van der Waals surface area contributed by atoms with Gasteiger partial charge in [0.05, 0.1) is 12.4 Å². The van der Waals surface area contributed by atoms with E-state index in [1.54, 1.807) is 0 Å². The van der Waals surface area contributed by atoms with Crippen molar-refractivity contribution in [2.75, 3.05) is 13.4 Å². The number of ether oxygens (including phenoxy) is 1. The minimum absolute atomic E-state index is 0.218. The Morgan fingerprint density at radius 2 is 1.95 bits per heavy atom. The van der Waals surface area contributed by atoms with Crippen molar-refractivity contribution in [2.24, 2.45) is 0 Å². The number of hydrogen-bond acceptors (Lipinski definition) is 5. The van der Waals surface area contributed by atoms with Crippen molar-refractivity contribution >= 4 is 15.8 Å². The molecule has 5 nitrogen and oxygen atoms in total. The van der Waals surface area contributed by atoms with Gasteiger partial charge < -0.3 is 4.74 Å². The Morgan fingerprint density at radius 1 is 1.29 bits per heavy atom. The normalized spacial score (nSPS) is 23.7. The molecule has 6 heteroatoms. The van der Waals surface area contributed by atoms with Crippen LogP contribution in [0.1, 0.15) is 30.9 Å². The van der Waals surface area contributed by atoms with Crippen molar-refractivity contribution in [1.82, 2.24) is 5.32 Å². The Balaban J connectivity index is 2.22. The molecule has 3 unspecified atom stereocenters. The number of hydrogen-bond donors (Lipinski definition) is 1. The van der Waals surface area contributed by atoms with Crippen LogP contribution in [0.2, 0.25) is 0 Å². The highest BCUT2D eigenvalue weighted by molar-refractivity contribution is 7.91. The number of sulfone groups is 1. The van der Waals surface area contributed by atoms with E-state index in [1.807, 2.05) is 30.3 Å². The summed E-state index contributed by atoms with van der Waals surface area (Å²) in [5.74, 6) is -0.402. The summed E-state index contributed by atoms with van der Waals surface area (Å²) >= 11 is 0. The van der Waals surface area contributed by atoms with E-state index in [9.17, 15) is 13.2 Å². The molecule has 2 rings (SSSR count). The molecule has 0 amide bonds. The molecule has 0 aliphatic heterocycles. The first-order chi connectivity index (χ1) is 9.93.